The molecule has 0 aromatic heterocycles. The monoisotopic (exact) mass is 832 g/mol. The van der Waals surface area contributed by atoms with Crippen LogP contribution in [0.5, 0.6) is 5.75 Å². The summed E-state index contributed by atoms with van der Waals surface area (Å²) in [7, 11) is 0. The van der Waals surface area contributed by atoms with Crippen molar-refractivity contribution in [2.45, 2.75) is 80.9 Å². The van der Waals surface area contributed by atoms with Gasteiger partial charge in [0.15, 0.2) is 17.3 Å². The zero-order valence-electron chi connectivity index (χ0n) is 32.9. The lowest BCUT2D eigenvalue weighted by Crippen LogP contribution is -2.58. The number of unbranched alkanes of at least 4 members (excludes halogenated alkanes) is 1. The van der Waals surface area contributed by atoms with E-state index in [4.69, 9.17) is 28.7 Å². The number of fused-ring (bicyclic) bond motifs is 1. The molecule has 5 atom stereocenters. The van der Waals surface area contributed by atoms with Crippen molar-refractivity contribution in [1.82, 2.24) is 26.6 Å². The van der Waals surface area contributed by atoms with Gasteiger partial charge in [-0.3, -0.25) is 34.0 Å². The van der Waals surface area contributed by atoms with Crippen LogP contribution in [0, 0.1) is 0 Å². The summed E-state index contributed by atoms with van der Waals surface area (Å²) in [5.74, 6) is -3.24. The maximum absolute atomic E-state index is 14.3. The first-order valence-corrected chi connectivity index (χ1v) is 20.6. The maximum Gasteiger partial charge on any atom is 0.253 e. The van der Waals surface area contributed by atoms with Crippen molar-refractivity contribution >= 4 is 64.0 Å². The predicted molar refractivity (Wildman–Crippen MR) is 230 cm³/mol. The maximum atomic E-state index is 14.3. The van der Waals surface area contributed by atoms with Crippen LogP contribution in [0.1, 0.15) is 49.7 Å². The quantitative estimate of drug-likeness (QED) is 0.0458. The standard InChI is InChI=1S/C40H56N12O6S/c41-17-3-4-20-59-38-37(58)51-31(22-24-12-15-28(53)16-13-24)35(56)49-29(9-5-18-46-39(42)43)33(54)48-30(10-6-19-47-40(44)45)34(55)50-32(36(57)52-38)23-25-11-14-26-7-1-2-8-27(26)21-25/h1-2,7-8,11-16,21,29-32,38,53H,3-6,9-10,17-20,22-23,41H2,(H,48,54)(H,49,56)(H,50,55)(H,51,58)(H,52,57)(H4,42,43,46)(H4,44,45,47)/t29-,30-,31+,32-,38?/m0/s1. The number of amides is 5. The van der Waals surface area contributed by atoms with Crippen LogP contribution in [-0.4, -0.2) is 101 Å². The molecule has 1 fully saturated rings. The summed E-state index contributed by atoms with van der Waals surface area (Å²) >= 11 is 1.16. The van der Waals surface area contributed by atoms with Gasteiger partial charge >= 0.3 is 0 Å². The van der Waals surface area contributed by atoms with Gasteiger partial charge in [0, 0.05) is 25.9 Å². The van der Waals surface area contributed by atoms with Crippen molar-refractivity contribution in [2.75, 3.05) is 25.4 Å². The number of phenols is 1. The third kappa shape index (κ3) is 15.3. The lowest BCUT2D eigenvalue weighted by atomic mass is 10.0. The van der Waals surface area contributed by atoms with Gasteiger partial charge in [-0.25, -0.2) is 0 Å². The van der Waals surface area contributed by atoms with Crippen molar-refractivity contribution in [1.29, 1.82) is 0 Å². The van der Waals surface area contributed by atoms with E-state index in [0.29, 0.717) is 30.7 Å². The molecule has 59 heavy (non-hydrogen) atoms. The molecule has 0 aliphatic carbocycles. The second kappa shape index (κ2) is 23.4. The van der Waals surface area contributed by atoms with Crippen LogP contribution in [0.3, 0.4) is 0 Å². The average Bonchev–Trinajstić information content (AvgIpc) is 3.20. The highest BCUT2D eigenvalue weighted by molar-refractivity contribution is 8.00. The normalized spacial score (nSPS) is 20.5. The van der Waals surface area contributed by atoms with Gasteiger partial charge in [-0.05, 0) is 84.9 Å². The highest BCUT2D eigenvalue weighted by atomic mass is 32.2. The number of aliphatic imine (C=N–C) groups is 2. The largest absolute Gasteiger partial charge is 0.508 e. The number of nitrogens with zero attached hydrogens (tertiary/aromatic N) is 2. The van der Waals surface area contributed by atoms with Crippen LogP contribution < -0.4 is 55.3 Å². The number of carbonyl (C=O) groups excluding carboxylic acids is 5. The lowest BCUT2D eigenvalue weighted by Gasteiger charge is -2.26. The molecule has 3 aromatic carbocycles. The number of hydrogen-bond acceptors (Lipinski definition) is 10. The Morgan fingerprint density at radius 2 is 1.07 bits per heavy atom. The molecule has 4 rings (SSSR count). The van der Waals surface area contributed by atoms with Crippen molar-refractivity contribution in [3.05, 3.63) is 77.9 Å². The molecular formula is C40H56N12O6S. The minimum Gasteiger partial charge on any atom is -0.508 e. The molecule has 0 saturated carbocycles. The van der Waals surface area contributed by atoms with E-state index in [1.807, 2.05) is 42.5 Å². The van der Waals surface area contributed by atoms with E-state index in [1.165, 1.54) is 12.1 Å². The summed E-state index contributed by atoms with van der Waals surface area (Å²) in [6, 6.07) is 14.7. The Morgan fingerprint density at radius 1 is 0.576 bits per heavy atom. The smallest absolute Gasteiger partial charge is 0.253 e. The highest BCUT2D eigenvalue weighted by Gasteiger charge is 2.35. The van der Waals surface area contributed by atoms with E-state index >= 15 is 0 Å². The van der Waals surface area contributed by atoms with Crippen LogP contribution in [0.4, 0.5) is 0 Å². The summed E-state index contributed by atoms with van der Waals surface area (Å²) in [6.45, 7) is 0.731. The first kappa shape index (κ1) is 45.6. The Hall–Kier alpha value is -6.08. The van der Waals surface area contributed by atoms with E-state index in [-0.39, 0.29) is 69.3 Å². The topological polar surface area (TPSA) is 321 Å². The number of nitrogens with one attached hydrogen (secondary N) is 5. The number of carbonyl (C=O) groups is 5. The van der Waals surface area contributed by atoms with E-state index < -0.39 is 59.1 Å². The van der Waals surface area contributed by atoms with Gasteiger partial charge in [0.05, 0.1) is 0 Å². The number of aromatic hydroxyl groups is 1. The number of thioether (sulfide) groups is 1. The molecule has 18 nitrogen and oxygen atoms in total. The number of phenolic OH excluding ortho intramolecular Hbond substituents is 1. The Balaban J connectivity index is 1.77. The summed E-state index contributed by atoms with van der Waals surface area (Å²) in [5, 5.41) is 24.6. The van der Waals surface area contributed by atoms with Gasteiger partial charge in [0.2, 0.25) is 23.6 Å². The van der Waals surface area contributed by atoms with Gasteiger partial charge in [-0.15, -0.1) is 11.8 Å². The molecule has 3 aromatic rings. The summed E-state index contributed by atoms with van der Waals surface area (Å²) in [6.07, 6.45) is 1.99. The molecule has 0 spiro atoms. The Bertz CT molecular complexity index is 1960. The van der Waals surface area contributed by atoms with Crippen LogP contribution in [0.15, 0.2) is 76.7 Å². The molecule has 19 heteroatoms. The Morgan fingerprint density at radius 3 is 1.64 bits per heavy atom. The molecule has 1 aliphatic rings. The molecular weight excluding hydrogens is 777 g/mol. The van der Waals surface area contributed by atoms with E-state index in [1.54, 1.807) is 12.1 Å². The van der Waals surface area contributed by atoms with Crippen molar-refractivity contribution < 1.29 is 29.1 Å². The molecule has 318 valence electrons. The molecule has 0 bridgehead atoms. The Labute approximate surface area is 347 Å². The van der Waals surface area contributed by atoms with Gasteiger partial charge in [-0.1, -0.05) is 54.6 Å². The predicted octanol–water partition coefficient (Wildman–Crippen LogP) is -0.695. The molecule has 16 N–H and O–H groups in total. The number of rotatable bonds is 17. The zero-order valence-corrected chi connectivity index (χ0v) is 33.7. The minimum absolute atomic E-state index is 0.00716. The molecule has 1 aliphatic heterocycles. The average molecular weight is 833 g/mol. The highest BCUT2D eigenvalue weighted by Crippen LogP contribution is 2.19. The second-order valence-electron chi connectivity index (χ2n) is 14.2. The molecule has 5 amide bonds. The lowest BCUT2D eigenvalue weighted by molar-refractivity contribution is -0.134. The first-order valence-electron chi connectivity index (χ1n) is 19.5. The number of benzene rings is 3. The summed E-state index contributed by atoms with van der Waals surface area (Å²) in [4.78, 5) is 79.0. The van der Waals surface area contributed by atoms with Gasteiger partial charge in [-0.2, -0.15) is 0 Å². The van der Waals surface area contributed by atoms with Gasteiger partial charge < -0.3 is 60.4 Å². The van der Waals surface area contributed by atoms with E-state index in [2.05, 4.69) is 36.6 Å². The molecule has 0 radical (unpaired) electrons. The molecule has 1 saturated heterocycles. The summed E-state index contributed by atoms with van der Waals surface area (Å²) in [5.41, 5.74) is 29.1. The SMILES string of the molecule is NCCCCSC1NC(=O)[C@H](Cc2ccc3ccccc3c2)NC(=O)[C@H](CCCN=C(N)N)NC(=O)[C@H](CCCN=C(N)N)NC(=O)[C@@H](Cc2ccc(O)cc2)NC1=O. The third-order valence-electron chi connectivity index (χ3n) is 9.45. The van der Waals surface area contributed by atoms with Crippen LogP contribution in [-0.2, 0) is 36.8 Å². The van der Waals surface area contributed by atoms with E-state index in [9.17, 15) is 29.1 Å². The van der Waals surface area contributed by atoms with Gasteiger partial charge in [0.1, 0.15) is 29.9 Å². The van der Waals surface area contributed by atoms with Crippen molar-refractivity contribution in [2.24, 2.45) is 38.7 Å². The number of guanidine groups is 2. The fraction of sp³-hybridized carbons (Fsp3) is 0.425. The van der Waals surface area contributed by atoms with Crippen LogP contribution >= 0.6 is 11.8 Å². The fourth-order valence-electron chi connectivity index (χ4n) is 6.36. The van der Waals surface area contributed by atoms with E-state index in [0.717, 1.165) is 28.1 Å². The van der Waals surface area contributed by atoms with Gasteiger partial charge in [0.25, 0.3) is 5.91 Å². The molecule has 1 heterocycles. The number of nitrogens with two attached hydrogens (primary N) is 5. The third-order valence-corrected chi connectivity index (χ3v) is 10.6. The van der Waals surface area contributed by atoms with Crippen molar-refractivity contribution in [3.63, 3.8) is 0 Å². The first-order chi connectivity index (χ1) is 28.3. The van der Waals surface area contributed by atoms with Crippen molar-refractivity contribution in [3.8, 4) is 5.75 Å². The van der Waals surface area contributed by atoms with Crippen LogP contribution in [0.25, 0.3) is 10.8 Å². The van der Waals surface area contributed by atoms with Crippen LogP contribution in [0.2, 0.25) is 0 Å². The fourth-order valence-corrected chi connectivity index (χ4v) is 7.38. The summed E-state index contributed by atoms with van der Waals surface area (Å²) < 4.78 is 0. The minimum atomic E-state index is -1.24. The molecule has 1 unspecified atom stereocenters. The zero-order chi connectivity index (χ0) is 42.7. The Kier molecular flexibility index (Phi) is 18.1. The number of hydrogen-bond donors (Lipinski definition) is 11. The second-order valence-corrected chi connectivity index (χ2v) is 15.4.